The van der Waals surface area contributed by atoms with Gasteiger partial charge in [-0.15, -0.1) is 11.3 Å². The molecule has 4 unspecified atom stereocenters. The fourth-order valence-electron chi connectivity index (χ4n) is 9.74. The van der Waals surface area contributed by atoms with Gasteiger partial charge in [0.15, 0.2) is 0 Å². The van der Waals surface area contributed by atoms with Gasteiger partial charge in [0.1, 0.15) is 5.01 Å². The van der Waals surface area contributed by atoms with Crippen LogP contribution in [-0.2, 0) is 32.3 Å². The van der Waals surface area contributed by atoms with Gasteiger partial charge in [-0.2, -0.15) is 0 Å². The zero-order chi connectivity index (χ0) is 56.8. The van der Waals surface area contributed by atoms with Crippen LogP contribution in [0.1, 0.15) is 130 Å². The van der Waals surface area contributed by atoms with Gasteiger partial charge in [-0.05, 0) is 124 Å². The number of para-hydroxylation sites is 1. The minimum Gasteiger partial charge on any atom is -0.481 e. The second kappa shape index (κ2) is 30.9. The SMILES string of the molecule is CCCC(c1ccc(C(=O)N(N)CCC(=O)O)cc1)C(COCc1ccc(-c2ccccc2)cc1)c1ccc(Cl)cc1.CCCC(c1ccc(C(=O)NCCC(=O)O)cc1)C(COCc1nc2ccccc2s1)c1ccc(Cl)cc1. The molecule has 15 heteroatoms. The largest absolute Gasteiger partial charge is 0.481 e. The Bertz CT molecular complexity index is 3180. The highest BCUT2D eigenvalue weighted by Crippen LogP contribution is 2.40. The summed E-state index contributed by atoms with van der Waals surface area (Å²) < 4.78 is 13.8. The highest BCUT2D eigenvalue weighted by atomic mass is 35.5. The maximum absolute atomic E-state index is 12.7. The van der Waals surface area contributed by atoms with Gasteiger partial charge in [-0.1, -0.05) is 165 Å². The third-order valence-electron chi connectivity index (χ3n) is 13.9. The summed E-state index contributed by atoms with van der Waals surface area (Å²) >= 11 is 14.1. The van der Waals surface area contributed by atoms with E-state index < -0.39 is 17.8 Å². The standard InChI is InChI=1S/C35H37ClN2O4.C30H31ClN2O4S/c1-2-6-32(28-13-15-30(16-14-28)35(41)38(37)22-21-34(39)40)33(29-17-19-31(36)20-18-29)24-42-23-25-9-11-27(12-10-25)26-7-4-3-5-8-26;1-2-5-24(20-8-10-22(11-9-20)30(36)32-17-16-29(34)35)25(21-12-14-23(31)15-13-21)18-37-19-28-33-26-6-3-4-7-27(26)38-28/h3-5,7-20,32-33H,2,6,21-24,37H2,1H3,(H,39,40);3-4,6-15,24-25H,2,5,16-19H2,1H3,(H,32,36)(H,34,35). The van der Waals surface area contributed by atoms with Crippen molar-refractivity contribution in [2.45, 2.75) is 89.3 Å². The number of hydrazine groups is 1. The summed E-state index contributed by atoms with van der Waals surface area (Å²) in [4.78, 5) is 51.4. The van der Waals surface area contributed by atoms with Crippen molar-refractivity contribution in [1.82, 2.24) is 15.3 Å². The number of nitrogens with two attached hydrogens (primary N) is 1. The molecule has 0 fully saturated rings. The number of carbonyl (C=O) groups is 4. The number of hydrogen-bond acceptors (Lipinski definition) is 9. The number of amides is 2. The lowest BCUT2D eigenvalue weighted by Crippen LogP contribution is -2.38. The van der Waals surface area contributed by atoms with Crippen molar-refractivity contribution in [2.24, 2.45) is 5.84 Å². The van der Waals surface area contributed by atoms with Crippen LogP contribution in [0.5, 0.6) is 0 Å². The minimum absolute atomic E-state index is 0.0562. The highest BCUT2D eigenvalue weighted by Gasteiger charge is 2.27. The number of ether oxygens (including phenoxy) is 2. The Morgan fingerprint density at radius 1 is 0.575 bits per heavy atom. The number of halogens is 2. The average molecular weight is 1140 g/mol. The van der Waals surface area contributed by atoms with E-state index in [1.807, 2.05) is 84.9 Å². The van der Waals surface area contributed by atoms with Crippen molar-refractivity contribution in [3.05, 3.63) is 230 Å². The van der Waals surface area contributed by atoms with Crippen molar-refractivity contribution in [1.29, 1.82) is 0 Å². The van der Waals surface area contributed by atoms with Gasteiger partial charge in [-0.25, -0.2) is 10.8 Å². The van der Waals surface area contributed by atoms with Crippen LogP contribution >= 0.6 is 34.5 Å². The molecule has 8 aromatic rings. The number of benzene rings is 7. The van der Waals surface area contributed by atoms with Crippen LogP contribution in [0.2, 0.25) is 10.0 Å². The Kier molecular flexibility index (Phi) is 23.4. The third-order valence-corrected chi connectivity index (χ3v) is 15.4. The number of carboxylic acid groups (broad SMARTS) is 2. The lowest BCUT2D eigenvalue weighted by molar-refractivity contribution is -0.138. The molecule has 12 nitrogen and oxygen atoms in total. The topological polar surface area (TPSA) is 181 Å². The third kappa shape index (κ3) is 17.9. The van der Waals surface area contributed by atoms with Crippen LogP contribution in [0.3, 0.4) is 0 Å². The number of aromatic nitrogens is 1. The van der Waals surface area contributed by atoms with E-state index in [1.54, 1.807) is 35.6 Å². The first-order chi connectivity index (χ1) is 38.8. The lowest BCUT2D eigenvalue weighted by Gasteiger charge is -2.28. The molecule has 8 rings (SSSR count). The molecule has 7 aromatic carbocycles. The molecule has 0 aliphatic carbocycles. The molecule has 5 N–H and O–H groups in total. The van der Waals surface area contributed by atoms with Crippen LogP contribution in [-0.4, -0.2) is 70.3 Å². The Balaban J connectivity index is 0.000000232. The molecule has 0 bridgehead atoms. The number of fused-ring (bicyclic) bond motifs is 1. The molecule has 416 valence electrons. The molecule has 2 amide bonds. The molecule has 4 atom stereocenters. The van der Waals surface area contributed by atoms with Crippen molar-refractivity contribution in [2.75, 3.05) is 26.3 Å². The predicted octanol–water partition coefficient (Wildman–Crippen LogP) is 14.7. The number of aliphatic carboxylic acids is 2. The first-order valence-corrected chi connectivity index (χ1v) is 28.5. The molecule has 0 aliphatic heterocycles. The molecule has 0 spiro atoms. The normalized spacial score (nSPS) is 12.6. The zero-order valence-electron chi connectivity index (χ0n) is 45.0. The van der Waals surface area contributed by atoms with E-state index in [2.05, 4.69) is 85.9 Å². The van der Waals surface area contributed by atoms with E-state index in [9.17, 15) is 19.2 Å². The highest BCUT2D eigenvalue weighted by molar-refractivity contribution is 7.18. The molecule has 0 saturated carbocycles. The number of carboxylic acids is 2. The van der Waals surface area contributed by atoms with Gasteiger partial charge in [0, 0.05) is 46.1 Å². The number of nitrogens with zero attached hydrogens (tertiary/aromatic N) is 2. The second-order valence-electron chi connectivity index (χ2n) is 19.6. The first-order valence-electron chi connectivity index (χ1n) is 26.9. The number of nitrogens with one attached hydrogen (secondary N) is 1. The van der Waals surface area contributed by atoms with E-state index in [0.717, 1.165) is 73.7 Å². The summed E-state index contributed by atoms with van der Waals surface area (Å²) in [7, 11) is 0. The summed E-state index contributed by atoms with van der Waals surface area (Å²) in [6.45, 7) is 6.33. The van der Waals surface area contributed by atoms with E-state index in [0.29, 0.717) is 47.6 Å². The summed E-state index contributed by atoms with van der Waals surface area (Å²) in [5.41, 5.74) is 9.87. The minimum atomic E-state index is -1.00. The maximum Gasteiger partial charge on any atom is 0.305 e. The fourth-order valence-corrected chi connectivity index (χ4v) is 10.9. The van der Waals surface area contributed by atoms with Crippen LogP contribution in [0.4, 0.5) is 0 Å². The molecule has 0 saturated heterocycles. The first kappa shape index (κ1) is 60.4. The molecule has 0 radical (unpaired) electrons. The molecule has 0 aliphatic rings. The zero-order valence-corrected chi connectivity index (χ0v) is 47.3. The van der Waals surface area contributed by atoms with E-state index in [4.69, 9.17) is 53.7 Å². The van der Waals surface area contributed by atoms with Crippen LogP contribution in [0.25, 0.3) is 21.3 Å². The molecule has 1 aromatic heterocycles. The van der Waals surface area contributed by atoms with Gasteiger partial charge in [-0.3, -0.25) is 24.2 Å². The summed E-state index contributed by atoms with van der Waals surface area (Å²) in [5, 5.41) is 23.6. The van der Waals surface area contributed by atoms with Gasteiger partial charge < -0.3 is 25.0 Å². The smallest absolute Gasteiger partial charge is 0.305 e. The predicted molar refractivity (Wildman–Crippen MR) is 319 cm³/mol. The van der Waals surface area contributed by atoms with Gasteiger partial charge in [0.25, 0.3) is 11.8 Å². The van der Waals surface area contributed by atoms with Crippen LogP contribution in [0.15, 0.2) is 176 Å². The lowest BCUT2D eigenvalue weighted by atomic mass is 9.79. The maximum atomic E-state index is 12.7. The van der Waals surface area contributed by atoms with Crippen molar-refractivity contribution >= 4 is 68.5 Å². The van der Waals surface area contributed by atoms with Gasteiger partial charge in [0.05, 0.1) is 49.5 Å². The monoisotopic (exact) mass is 1130 g/mol. The quantitative estimate of drug-likeness (QED) is 0.0220. The molecule has 1 heterocycles. The van der Waals surface area contributed by atoms with Crippen LogP contribution < -0.4 is 11.2 Å². The molecular weight excluding hydrogens is 1070 g/mol. The summed E-state index contributed by atoms with van der Waals surface area (Å²) in [6.07, 6.45) is 3.52. The van der Waals surface area contributed by atoms with Crippen molar-refractivity contribution in [3.8, 4) is 11.1 Å². The Morgan fingerprint density at radius 3 is 1.57 bits per heavy atom. The van der Waals surface area contributed by atoms with Crippen molar-refractivity contribution in [3.63, 3.8) is 0 Å². The van der Waals surface area contributed by atoms with E-state index in [-0.39, 0.29) is 55.5 Å². The second-order valence-corrected chi connectivity index (χ2v) is 21.5. The number of hydrogen-bond donors (Lipinski definition) is 4. The Labute approximate surface area is 482 Å². The number of thiazole rings is 1. The summed E-state index contributed by atoms with van der Waals surface area (Å²) in [5.74, 6) is 3.63. The van der Waals surface area contributed by atoms with E-state index >= 15 is 0 Å². The van der Waals surface area contributed by atoms with Gasteiger partial charge >= 0.3 is 11.9 Å². The Hall–Kier alpha value is -7.23. The average Bonchev–Trinajstić information content (AvgIpc) is 3.91. The molecule has 80 heavy (non-hydrogen) atoms. The van der Waals surface area contributed by atoms with E-state index in [1.165, 1.54) is 11.1 Å². The van der Waals surface area contributed by atoms with Crippen LogP contribution in [0, 0.1) is 0 Å². The molecular formula is C65H68Cl2N4O8S. The summed E-state index contributed by atoms with van der Waals surface area (Å²) in [6, 6.07) is 57.7. The number of carbonyl (C=O) groups excluding carboxylic acids is 2. The van der Waals surface area contributed by atoms with Crippen molar-refractivity contribution < 1.29 is 38.9 Å². The Morgan fingerprint density at radius 2 is 1.05 bits per heavy atom. The fraction of sp³-hybridized carbons (Fsp3) is 0.277. The van der Waals surface area contributed by atoms with Gasteiger partial charge in [0.2, 0.25) is 0 Å². The number of rotatable bonds is 27.